The minimum absolute atomic E-state index is 0. The molecule has 7 aromatic rings. The monoisotopic (exact) mass is 829 g/mol. The molecule has 0 fully saturated rings. The van der Waals surface area contributed by atoms with E-state index in [0.29, 0.717) is 0 Å². The summed E-state index contributed by atoms with van der Waals surface area (Å²) in [5.74, 6) is 0. The number of nitrogens with zero attached hydrogens (tertiary/aromatic N) is 2. The first-order chi connectivity index (χ1) is 23.4. The van der Waals surface area contributed by atoms with E-state index in [1.807, 2.05) is 24.3 Å². The number of rotatable bonds is 5. The fourth-order valence-electron chi connectivity index (χ4n) is 7.01. The molecule has 0 atom stereocenters. The van der Waals surface area contributed by atoms with Crippen LogP contribution in [0.15, 0.2) is 158 Å². The van der Waals surface area contributed by atoms with E-state index >= 15 is 0 Å². The Bertz CT molecular complexity index is 2190. The minimum Gasteiger partial charge on any atom is -0.300 e. The van der Waals surface area contributed by atoms with Crippen LogP contribution in [0.4, 0.5) is 0 Å². The molecule has 5 aromatic carbocycles. The van der Waals surface area contributed by atoms with Gasteiger partial charge in [-0.05, 0) is 63.9 Å². The number of aromatic nitrogens is 2. The van der Waals surface area contributed by atoms with Crippen LogP contribution in [-0.4, -0.2) is 9.97 Å². The average molecular weight is 830 g/mol. The summed E-state index contributed by atoms with van der Waals surface area (Å²) in [5.41, 5.74) is 8.56. The van der Waals surface area contributed by atoms with E-state index in [-0.39, 0.29) is 26.5 Å². The van der Waals surface area contributed by atoms with Gasteiger partial charge in [-0.1, -0.05) is 124 Å². The predicted octanol–water partition coefficient (Wildman–Crippen LogP) is 9.16. The molecule has 0 unspecified atom stereocenters. The quantitative estimate of drug-likeness (QED) is 0.128. The summed E-state index contributed by atoms with van der Waals surface area (Å²) in [6, 6.07) is 63.1. The van der Waals surface area contributed by atoms with Crippen molar-refractivity contribution in [2.24, 2.45) is 0 Å². The molecule has 0 saturated carbocycles. The Labute approximate surface area is 305 Å². The summed E-state index contributed by atoms with van der Waals surface area (Å²) in [4.78, 5) is 11.1. The van der Waals surface area contributed by atoms with Crippen LogP contribution in [0.2, 0.25) is 0 Å². The van der Waals surface area contributed by atoms with Crippen LogP contribution < -0.4 is 15.9 Å². The summed E-state index contributed by atoms with van der Waals surface area (Å²) < 4.78 is 0. The third-order valence-corrected chi connectivity index (χ3v) is 11.9. The second-order valence-electron chi connectivity index (χ2n) is 13.3. The summed E-state index contributed by atoms with van der Waals surface area (Å²) in [7, 11) is -0.826. The van der Waals surface area contributed by atoms with Crippen LogP contribution in [0, 0.1) is 12.1 Å². The van der Waals surface area contributed by atoms with E-state index < -0.39 is 13.3 Å². The van der Waals surface area contributed by atoms with Crippen LogP contribution >= 0.6 is 7.92 Å². The van der Waals surface area contributed by atoms with E-state index in [2.05, 4.69) is 166 Å². The summed E-state index contributed by atoms with van der Waals surface area (Å²) >= 11 is 0. The van der Waals surface area contributed by atoms with Gasteiger partial charge in [0.05, 0.1) is 11.4 Å². The smallest absolute Gasteiger partial charge is 0.300 e. The summed E-state index contributed by atoms with van der Waals surface area (Å²) in [6.07, 6.45) is 0. The second kappa shape index (κ2) is 13.4. The van der Waals surface area contributed by atoms with Crippen molar-refractivity contribution in [1.82, 2.24) is 9.97 Å². The van der Waals surface area contributed by atoms with E-state index in [1.54, 1.807) is 0 Å². The maximum absolute atomic E-state index is 5.56. The van der Waals surface area contributed by atoms with Gasteiger partial charge in [-0.15, -0.1) is 71.3 Å². The van der Waals surface area contributed by atoms with Crippen molar-refractivity contribution in [3.8, 4) is 22.5 Å². The normalized spacial score (nSPS) is 16.6. The largest absolute Gasteiger partial charge is 2.00 e. The third kappa shape index (κ3) is 5.82. The Morgan fingerprint density at radius 2 is 1.08 bits per heavy atom. The molecule has 49 heavy (non-hydrogen) atoms. The van der Waals surface area contributed by atoms with E-state index in [1.165, 1.54) is 32.6 Å². The summed E-state index contributed by atoms with van der Waals surface area (Å²) in [5, 5.41) is 3.98. The van der Waals surface area contributed by atoms with Crippen LogP contribution in [0.3, 0.4) is 0 Å². The standard InChI is InChI=1S/C45H35N2P.Pt/c1-44(2,3)34-20-14-19-33(31-34)39-26-16-30-43(47-39)45(42-29-15-25-38(46-42)32-17-6-4-7-18-32)36-23-10-12-27-40(36)48(35-21-8-5-9-22-35)41-28-13-11-24-37(41)45;/h4-17,20-31H,1-3H3;/q-2;+2. The minimum atomic E-state index is -0.826. The molecule has 240 valence electrons. The average Bonchev–Trinajstić information content (AvgIpc) is 3.14. The molecule has 0 amide bonds. The first-order valence-electron chi connectivity index (χ1n) is 16.4. The molecule has 2 aromatic heterocycles. The van der Waals surface area contributed by atoms with Crippen LogP contribution in [0.25, 0.3) is 22.5 Å². The SMILES string of the molecule is CC(C)(C)c1cc[c-]c(-c2cccc(C3(c4cccc(-c5[c-]cccc5)n4)c4ccccc4P(c4ccccc4)c4ccccc43)n2)c1.[Pt+2]. The molecule has 1 aliphatic rings. The van der Waals surface area contributed by atoms with Gasteiger partial charge in [0.1, 0.15) is 5.41 Å². The number of hydrogen-bond acceptors (Lipinski definition) is 2. The van der Waals surface area contributed by atoms with Crippen LogP contribution in [-0.2, 0) is 31.9 Å². The molecular formula is C45H35N2PPt. The number of pyridine rings is 2. The topological polar surface area (TPSA) is 25.8 Å². The molecule has 0 bridgehead atoms. The van der Waals surface area contributed by atoms with E-state index in [0.717, 1.165) is 33.9 Å². The van der Waals surface area contributed by atoms with Crippen molar-refractivity contribution in [1.29, 1.82) is 0 Å². The number of benzene rings is 5. The molecule has 0 aliphatic carbocycles. The molecule has 4 heteroatoms. The maximum atomic E-state index is 5.56. The molecule has 2 nitrogen and oxygen atoms in total. The first kappa shape index (κ1) is 33.0. The van der Waals surface area contributed by atoms with Gasteiger partial charge >= 0.3 is 21.1 Å². The first-order valence-corrected chi connectivity index (χ1v) is 17.8. The molecule has 0 saturated heterocycles. The van der Waals surface area contributed by atoms with E-state index in [9.17, 15) is 0 Å². The van der Waals surface area contributed by atoms with Gasteiger partial charge in [-0.3, -0.25) is 9.97 Å². The molecular weight excluding hydrogens is 795 g/mol. The second-order valence-corrected chi connectivity index (χ2v) is 15.4. The van der Waals surface area contributed by atoms with Crippen molar-refractivity contribution in [3.05, 3.63) is 198 Å². The number of fused-ring (bicyclic) bond motifs is 2. The van der Waals surface area contributed by atoms with Crippen molar-refractivity contribution in [2.45, 2.75) is 31.6 Å². The van der Waals surface area contributed by atoms with Gasteiger partial charge in [-0.25, -0.2) is 0 Å². The summed E-state index contributed by atoms with van der Waals surface area (Å²) in [6.45, 7) is 6.73. The fourth-order valence-corrected chi connectivity index (χ4v) is 9.73. The van der Waals surface area contributed by atoms with Gasteiger partial charge < -0.3 is 0 Å². The van der Waals surface area contributed by atoms with Crippen molar-refractivity contribution < 1.29 is 21.1 Å². The number of hydrogen-bond donors (Lipinski definition) is 0. The Morgan fingerprint density at radius 1 is 0.531 bits per heavy atom. The van der Waals surface area contributed by atoms with Crippen LogP contribution in [0.1, 0.15) is 48.8 Å². The van der Waals surface area contributed by atoms with Crippen LogP contribution in [0.5, 0.6) is 0 Å². The molecule has 8 rings (SSSR count). The van der Waals surface area contributed by atoms with Gasteiger partial charge in [0, 0.05) is 0 Å². The molecule has 3 heterocycles. The van der Waals surface area contributed by atoms with E-state index in [4.69, 9.17) is 9.97 Å². The zero-order chi connectivity index (χ0) is 32.7. The Balaban J connectivity index is 0.00000378. The zero-order valence-electron chi connectivity index (χ0n) is 27.7. The molecule has 0 radical (unpaired) electrons. The van der Waals surface area contributed by atoms with Gasteiger partial charge in [-0.2, -0.15) is 0 Å². The zero-order valence-corrected chi connectivity index (χ0v) is 30.8. The van der Waals surface area contributed by atoms with Gasteiger partial charge in [0.25, 0.3) is 0 Å². The van der Waals surface area contributed by atoms with Gasteiger partial charge in [0.2, 0.25) is 0 Å². The Hall–Kier alpha value is -4.48. The van der Waals surface area contributed by atoms with Gasteiger partial charge in [0.15, 0.2) is 0 Å². The maximum Gasteiger partial charge on any atom is 2.00 e. The fraction of sp³-hybridized carbons (Fsp3) is 0.111. The molecule has 0 N–H and O–H groups in total. The third-order valence-electron chi connectivity index (χ3n) is 9.31. The van der Waals surface area contributed by atoms with Crippen molar-refractivity contribution in [2.75, 3.05) is 0 Å². The molecule has 0 spiro atoms. The Morgan fingerprint density at radius 3 is 1.67 bits per heavy atom. The Kier molecular flexibility index (Phi) is 9.06. The van der Waals surface area contributed by atoms with Crippen molar-refractivity contribution >= 4 is 23.8 Å². The predicted molar refractivity (Wildman–Crippen MR) is 200 cm³/mol. The molecule has 1 aliphatic heterocycles. The van der Waals surface area contributed by atoms with Crippen molar-refractivity contribution in [3.63, 3.8) is 0 Å².